The third-order valence-corrected chi connectivity index (χ3v) is 2.92. The van der Waals surface area contributed by atoms with Crippen molar-refractivity contribution in [3.05, 3.63) is 29.8 Å². The molecule has 96 valence electrons. The first kappa shape index (κ1) is 12.4. The number of aliphatic hydroxyl groups excluding tert-OH is 1. The van der Waals surface area contributed by atoms with Crippen molar-refractivity contribution in [1.29, 1.82) is 0 Å². The van der Waals surface area contributed by atoms with Crippen molar-refractivity contribution < 1.29 is 24.9 Å². The maximum absolute atomic E-state index is 12.1. The Morgan fingerprint density at radius 2 is 2.06 bits per heavy atom. The number of benzene rings is 1. The van der Waals surface area contributed by atoms with Gasteiger partial charge in [-0.25, -0.2) is 4.79 Å². The van der Waals surface area contributed by atoms with E-state index in [1.165, 1.54) is 24.3 Å². The number of phenolic OH excluding ortho intramolecular Hbond substituents is 1. The summed E-state index contributed by atoms with van der Waals surface area (Å²) in [5, 5.41) is 27.8. The van der Waals surface area contributed by atoms with E-state index in [0.717, 1.165) is 4.90 Å². The number of carbonyl (C=O) groups is 2. The van der Waals surface area contributed by atoms with Gasteiger partial charge in [0.1, 0.15) is 11.8 Å². The molecule has 1 aromatic carbocycles. The van der Waals surface area contributed by atoms with E-state index >= 15 is 0 Å². The minimum atomic E-state index is -1.14. The predicted molar refractivity (Wildman–Crippen MR) is 61.2 cm³/mol. The number of aromatic hydroxyl groups is 1. The number of phenols is 1. The highest BCUT2D eigenvalue weighted by molar-refractivity contribution is 5.97. The highest BCUT2D eigenvalue weighted by Crippen LogP contribution is 2.22. The fraction of sp³-hybridized carbons (Fsp3) is 0.333. The Bertz CT molecular complexity index is 487. The van der Waals surface area contributed by atoms with Crippen LogP contribution in [0, 0.1) is 0 Å². The van der Waals surface area contributed by atoms with Gasteiger partial charge < -0.3 is 20.2 Å². The summed E-state index contributed by atoms with van der Waals surface area (Å²) in [6.07, 6.45) is -0.799. The Morgan fingerprint density at radius 1 is 1.33 bits per heavy atom. The highest BCUT2D eigenvalue weighted by Gasteiger charge is 2.39. The van der Waals surface area contributed by atoms with Crippen molar-refractivity contribution in [3.8, 4) is 5.75 Å². The summed E-state index contributed by atoms with van der Waals surface area (Å²) in [6.45, 7) is -0.00848. The zero-order valence-electron chi connectivity index (χ0n) is 9.48. The molecule has 0 unspecified atom stereocenters. The summed E-state index contributed by atoms with van der Waals surface area (Å²) in [5.41, 5.74) is 0.204. The number of carbonyl (C=O) groups excluding carboxylic acids is 1. The number of likely N-dealkylation sites (tertiary alicyclic amines) is 1. The summed E-state index contributed by atoms with van der Waals surface area (Å²) < 4.78 is 0. The predicted octanol–water partition coefficient (Wildman–Crippen LogP) is 0.0522. The van der Waals surface area contributed by atoms with Crippen molar-refractivity contribution in [1.82, 2.24) is 4.90 Å². The smallest absolute Gasteiger partial charge is 0.326 e. The van der Waals surface area contributed by atoms with Crippen molar-refractivity contribution in [2.24, 2.45) is 0 Å². The Labute approximate surface area is 103 Å². The van der Waals surface area contributed by atoms with Crippen molar-refractivity contribution in [2.45, 2.75) is 18.6 Å². The van der Waals surface area contributed by atoms with E-state index in [2.05, 4.69) is 0 Å². The molecule has 1 heterocycles. The molecule has 0 aromatic heterocycles. The number of rotatable bonds is 2. The van der Waals surface area contributed by atoms with E-state index in [9.17, 15) is 19.8 Å². The molecule has 0 spiro atoms. The second-order valence-electron chi connectivity index (χ2n) is 4.25. The summed E-state index contributed by atoms with van der Waals surface area (Å²) in [6, 6.07) is 4.67. The van der Waals surface area contributed by atoms with Gasteiger partial charge in [0.25, 0.3) is 5.91 Å². The van der Waals surface area contributed by atoms with Gasteiger partial charge in [-0.1, -0.05) is 6.07 Å². The number of amides is 1. The van der Waals surface area contributed by atoms with E-state index in [-0.39, 0.29) is 24.3 Å². The van der Waals surface area contributed by atoms with Crippen LogP contribution in [0.5, 0.6) is 5.75 Å². The third kappa shape index (κ3) is 2.28. The number of carboxylic acid groups (broad SMARTS) is 1. The molecule has 1 amide bonds. The van der Waals surface area contributed by atoms with Gasteiger partial charge in [0.2, 0.25) is 0 Å². The number of aliphatic carboxylic acids is 1. The molecular weight excluding hydrogens is 238 g/mol. The monoisotopic (exact) mass is 251 g/mol. The quantitative estimate of drug-likeness (QED) is 0.690. The lowest BCUT2D eigenvalue weighted by Gasteiger charge is -2.21. The Morgan fingerprint density at radius 3 is 2.67 bits per heavy atom. The van der Waals surface area contributed by atoms with Crippen LogP contribution >= 0.6 is 0 Å². The first-order chi connectivity index (χ1) is 8.49. The normalized spacial score (nSPS) is 23.1. The van der Waals surface area contributed by atoms with E-state index in [1.807, 2.05) is 0 Å². The molecule has 2 atom stereocenters. The SMILES string of the molecule is O=C(O)[C@@H]1C[C@@H](O)CN1C(=O)c1cccc(O)c1. The Hall–Kier alpha value is -2.08. The Kier molecular flexibility index (Phi) is 3.20. The number of β-amino-alcohol motifs (C(OH)–C–C–N with tert-alkyl or cyclic N) is 1. The zero-order valence-corrected chi connectivity index (χ0v) is 9.48. The molecule has 1 fully saturated rings. The van der Waals surface area contributed by atoms with Crippen LogP contribution in [0.4, 0.5) is 0 Å². The lowest BCUT2D eigenvalue weighted by Crippen LogP contribution is -2.40. The fourth-order valence-corrected chi connectivity index (χ4v) is 2.08. The number of nitrogens with zero attached hydrogens (tertiary/aromatic N) is 1. The van der Waals surface area contributed by atoms with Gasteiger partial charge in [-0.05, 0) is 18.2 Å². The Balaban J connectivity index is 2.25. The van der Waals surface area contributed by atoms with Gasteiger partial charge >= 0.3 is 5.97 Å². The maximum Gasteiger partial charge on any atom is 0.326 e. The molecule has 0 saturated carbocycles. The molecule has 0 radical (unpaired) electrons. The average Bonchev–Trinajstić information content (AvgIpc) is 2.70. The number of hydrogen-bond donors (Lipinski definition) is 3. The highest BCUT2D eigenvalue weighted by atomic mass is 16.4. The lowest BCUT2D eigenvalue weighted by molar-refractivity contribution is -0.141. The number of aliphatic hydroxyl groups is 1. The van der Waals surface area contributed by atoms with E-state index < -0.39 is 24.0 Å². The zero-order chi connectivity index (χ0) is 13.3. The van der Waals surface area contributed by atoms with Gasteiger partial charge in [0, 0.05) is 18.5 Å². The van der Waals surface area contributed by atoms with Crippen LogP contribution in [0.2, 0.25) is 0 Å². The second-order valence-corrected chi connectivity index (χ2v) is 4.25. The second kappa shape index (κ2) is 4.66. The molecule has 6 heteroatoms. The van der Waals surface area contributed by atoms with Crippen molar-refractivity contribution >= 4 is 11.9 Å². The average molecular weight is 251 g/mol. The molecule has 0 aliphatic carbocycles. The van der Waals surface area contributed by atoms with Crippen molar-refractivity contribution in [2.75, 3.05) is 6.54 Å². The van der Waals surface area contributed by atoms with Gasteiger partial charge in [-0.2, -0.15) is 0 Å². The molecule has 1 aromatic rings. The van der Waals surface area contributed by atoms with Crippen molar-refractivity contribution in [3.63, 3.8) is 0 Å². The van der Waals surface area contributed by atoms with Crippen LogP contribution in [-0.4, -0.2) is 50.8 Å². The minimum Gasteiger partial charge on any atom is -0.508 e. The van der Waals surface area contributed by atoms with E-state index in [1.54, 1.807) is 0 Å². The summed E-state index contributed by atoms with van der Waals surface area (Å²) in [7, 11) is 0. The molecule has 2 rings (SSSR count). The number of carboxylic acids is 1. The molecule has 1 aliphatic rings. The first-order valence-electron chi connectivity index (χ1n) is 5.50. The van der Waals surface area contributed by atoms with Crippen LogP contribution in [0.15, 0.2) is 24.3 Å². The van der Waals surface area contributed by atoms with E-state index in [4.69, 9.17) is 5.11 Å². The number of hydrogen-bond acceptors (Lipinski definition) is 4. The van der Waals surface area contributed by atoms with Crippen LogP contribution in [0.1, 0.15) is 16.8 Å². The summed E-state index contributed by atoms with van der Waals surface area (Å²) in [4.78, 5) is 24.2. The van der Waals surface area contributed by atoms with Gasteiger partial charge in [-0.15, -0.1) is 0 Å². The summed E-state index contributed by atoms with van der Waals surface area (Å²) in [5.74, 6) is -1.71. The lowest BCUT2D eigenvalue weighted by atomic mass is 10.1. The molecule has 18 heavy (non-hydrogen) atoms. The fourth-order valence-electron chi connectivity index (χ4n) is 2.08. The molecule has 1 aliphatic heterocycles. The molecular formula is C12H13NO5. The largest absolute Gasteiger partial charge is 0.508 e. The van der Waals surface area contributed by atoms with Crippen LogP contribution in [0.3, 0.4) is 0 Å². The van der Waals surface area contributed by atoms with Gasteiger partial charge in [-0.3, -0.25) is 4.79 Å². The van der Waals surface area contributed by atoms with Gasteiger partial charge in [0.15, 0.2) is 0 Å². The van der Waals surface area contributed by atoms with Gasteiger partial charge in [0.05, 0.1) is 6.10 Å². The molecule has 6 nitrogen and oxygen atoms in total. The van der Waals surface area contributed by atoms with E-state index in [0.29, 0.717) is 0 Å². The molecule has 3 N–H and O–H groups in total. The molecule has 0 bridgehead atoms. The molecule has 1 saturated heterocycles. The van der Waals surface area contributed by atoms with Crippen LogP contribution in [0.25, 0.3) is 0 Å². The first-order valence-corrected chi connectivity index (χ1v) is 5.50. The third-order valence-electron chi connectivity index (χ3n) is 2.92. The van der Waals surface area contributed by atoms with Crippen LogP contribution in [-0.2, 0) is 4.79 Å². The topological polar surface area (TPSA) is 98.1 Å². The summed E-state index contributed by atoms with van der Waals surface area (Å²) >= 11 is 0. The van der Waals surface area contributed by atoms with Crippen LogP contribution < -0.4 is 0 Å². The maximum atomic E-state index is 12.1. The minimum absolute atomic E-state index is 0.00848. The standard InChI is InChI=1S/C12H13NO5/c14-8-3-1-2-7(4-8)11(16)13-6-9(15)5-10(13)12(17)18/h1-4,9-10,14-15H,5-6H2,(H,17,18)/t9-,10+/m1/s1.